The smallest absolute Gasteiger partial charge is 0.115 e. The molecule has 0 aliphatic rings. The van der Waals surface area contributed by atoms with Gasteiger partial charge in [-0.15, -0.1) is 12.6 Å². The van der Waals surface area contributed by atoms with Crippen LogP contribution in [-0.2, 0) is 25.7 Å². The van der Waals surface area contributed by atoms with Crippen molar-refractivity contribution in [2.24, 2.45) is 0 Å². The highest BCUT2D eigenvalue weighted by molar-refractivity contribution is 8.12. The Balaban J connectivity index is 2.69. The largest absolute Gasteiger partial charge is 0.659 e. The fourth-order valence-corrected chi connectivity index (χ4v) is 3.99. The molecular formula is C23H38NS3-. The van der Waals surface area contributed by atoms with Gasteiger partial charge in [0, 0.05) is 5.69 Å². The van der Waals surface area contributed by atoms with Crippen LogP contribution in [0.1, 0.15) is 102 Å². The molecule has 0 N–H and O–H groups in total. The standard InChI is InChI=1S/C23H38NS3/c1-3-5-7-9-11-13-16-20-17-15-19-22(24(27)23(25)26)21(20)18-14-12-10-8-6-4-2/h15,17,19H,3-14,16,18H2,1-2H3,(H,25,26)/q-1. The molecule has 0 atom stereocenters. The minimum absolute atomic E-state index is 0.464. The van der Waals surface area contributed by atoms with Crippen LogP contribution >= 0.6 is 24.8 Å². The van der Waals surface area contributed by atoms with E-state index in [9.17, 15) is 0 Å². The lowest BCUT2D eigenvalue weighted by atomic mass is 9.94. The van der Waals surface area contributed by atoms with Gasteiger partial charge in [0.05, 0.1) is 0 Å². The Hall–Kier alpha value is -0.190. The van der Waals surface area contributed by atoms with Crippen LogP contribution in [0.25, 0.3) is 0 Å². The number of thiocarbonyl (C=S) groups is 1. The zero-order valence-electron chi connectivity index (χ0n) is 17.3. The summed E-state index contributed by atoms with van der Waals surface area (Å²) in [7, 11) is 0. The third kappa shape index (κ3) is 10.2. The SMILES string of the molecule is CCCCCCCCc1cccc(N([S-])C(=S)S)c1CCCCCCCC. The van der Waals surface area contributed by atoms with Crippen molar-refractivity contribution in [1.82, 2.24) is 0 Å². The molecule has 0 saturated carbocycles. The Morgan fingerprint density at radius 1 is 0.852 bits per heavy atom. The van der Waals surface area contributed by atoms with Crippen LogP contribution in [0.2, 0.25) is 0 Å². The van der Waals surface area contributed by atoms with Gasteiger partial charge in [-0.1, -0.05) is 102 Å². The second-order valence-electron chi connectivity index (χ2n) is 7.53. The summed E-state index contributed by atoms with van der Waals surface area (Å²) < 4.78 is 2.11. The van der Waals surface area contributed by atoms with Crippen molar-refractivity contribution < 1.29 is 0 Å². The minimum Gasteiger partial charge on any atom is -0.659 e. The highest BCUT2D eigenvalue weighted by Gasteiger charge is 2.10. The first-order valence-electron chi connectivity index (χ1n) is 10.9. The van der Waals surface area contributed by atoms with Crippen LogP contribution in [0.5, 0.6) is 0 Å². The molecule has 154 valence electrons. The molecule has 0 heterocycles. The normalized spacial score (nSPS) is 11.0. The summed E-state index contributed by atoms with van der Waals surface area (Å²) in [4.78, 5) is 0. The van der Waals surface area contributed by atoms with E-state index in [0.717, 1.165) is 18.5 Å². The molecular weight excluding hydrogens is 386 g/mol. The molecule has 0 aromatic heterocycles. The summed E-state index contributed by atoms with van der Waals surface area (Å²) in [6.07, 6.45) is 18.1. The third-order valence-corrected chi connectivity index (χ3v) is 6.23. The molecule has 4 heteroatoms. The number of thiol groups is 1. The summed E-state index contributed by atoms with van der Waals surface area (Å²) in [5.41, 5.74) is 3.92. The molecule has 0 amide bonds. The molecule has 0 radical (unpaired) electrons. The third-order valence-electron chi connectivity index (χ3n) is 5.22. The molecule has 1 nitrogen and oxygen atoms in total. The fourth-order valence-electron chi connectivity index (χ4n) is 3.62. The number of rotatable bonds is 15. The summed E-state index contributed by atoms with van der Waals surface area (Å²) in [6, 6.07) is 6.51. The van der Waals surface area contributed by atoms with Gasteiger partial charge in [0.2, 0.25) is 0 Å². The summed E-state index contributed by atoms with van der Waals surface area (Å²) >= 11 is 15.0. The Labute approximate surface area is 184 Å². The Bertz CT molecular complexity index is 530. The van der Waals surface area contributed by atoms with E-state index in [1.54, 1.807) is 4.31 Å². The number of hydrogen-bond acceptors (Lipinski definition) is 2. The van der Waals surface area contributed by atoms with E-state index < -0.39 is 0 Å². The van der Waals surface area contributed by atoms with Gasteiger partial charge in [-0.3, -0.25) is 0 Å². The van der Waals surface area contributed by atoms with Gasteiger partial charge in [-0.25, -0.2) is 0 Å². The molecule has 0 aliphatic carbocycles. The van der Waals surface area contributed by atoms with Crippen LogP contribution in [0, 0.1) is 0 Å². The Morgan fingerprint density at radius 2 is 1.37 bits per heavy atom. The van der Waals surface area contributed by atoms with Crippen molar-refractivity contribution in [3.8, 4) is 0 Å². The molecule has 0 fully saturated rings. The Morgan fingerprint density at radius 3 is 1.93 bits per heavy atom. The zero-order chi connectivity index (χ0) is 19.9. The lowest BCUT2D eigenvalue weighted by Gasteiger charge is -2.33. The monoisotopic (exact) mass is 424 g/mol. The summed E-state index contributed by atoms with van der Waals surface area (Å²) in [5, 5.41) is 0. The molecule has 0 aliphatic heterocycles. The maximum Gasteiger partial charge on any atom is 0.115 e. The van der Waals surface area contributed by atoms with Gasteiger partial charge >= 0.3 is 0 Å². The number of unbranched alkanes of at least 4 members (excludes halogenated alkanes) is 10. The van der Waals surface area contributed by atoms with Crippen molar-refractivity contribution in [2.75, 3.05) is 4.31 Å². The first-order valence-corrected chi connectivity index (χ1v) is 12.1. The van der Waals surface area contributed by atoms with Crippen molar-refractivity contribution in [1.29, 1.82) is 0 Å². The molecule has 0 unspecified atom stereocenters. The maximum atomic E-state index is 5.51. The molecule has 27 heavy (non-hydrogen) atoms. The van der Waals surface area contributed by atoms with E-state index in [0.29, 0.717) is 4.32 Å². The number of nitrogens with zero attached hydrogens (tertiary/aromatic N) is 1. The average molecular weight is 425 g/mol. The van der Waals surface area contributed by atoms with Gasteiger partial charge in [-0.2, -0.15) is 0 Å². The lowest BCUT2D eigenvalue weighted by molar-refractivity contribution is 0.599. The predicted octanol–water partition coefficient (Wildman–Crippen LogP) is 7.98. The van der Waals surface area contributed by atoms with E-state index in [1.165, 1.54) is 88.2 Å². The molecule has 0 bridgehead atoms. The fraction of sp³-hybridized carbons (Fsp3) is 0.696. The van der Waals surface area contributed by atoms with Gasteiger partial charge in [0.1, 0.15) is 4.32 Å². The minimum atomic E-state index is 0.464. The quantitative estimate of drug-likeness (QED) is 0.132. The first-order chi connectivity index (χ1) is 13.1. The van der Waals surface area contributed by atoms with E-state index in [1.807, 2.05) is 0 Å². The van der Waals surface area contributed by atoms with Crippen molar-refractivity contribution in [3.05, 3.63) is 29.3 Å². The zero-order valence-corrected chi connectivity index (χ0v) is 19.9. The van der Waals surface area contributed by atoms with E-state index in [-0.39, 0.29) is 0 Å². The second kappa shape index (κ2) is 15.7. The van der Waals surface area contributed by atoms with E-state index in [4.69, 9.17) is 25.0 Å². The molecule has 1 rings (SSSR count). The summed E-state index contributed by atoms with van der Waals surface area (Å²) in [5.74, 6) is 0. The number of anilines is 1. The number of aryl methyl sites for hydroxylation is 1. The van der Waals surface area contributed by atoms with Crippen molar-refractivity contribution >= 4 is 47.7 Å². The van der Waals surface area contributed by atoms with E-state index in [2.05, 4.69) is 44.7 Å². The summed E-state index contributed by atoms with van der Waals surface area (Å²) in [6.45, 7) is 4.54. The molecule has 1 aromatic carbocycles. The van der Waals surface area contributed by atoms with Crippen LogP contribution in [0.15, 0.2) is 18.2 Å². The lowest BCUT2D eigenvalue weighted by Crippen LogP contribution is -2.19. The van der Waals surface area contributed by atoms with Crippen LogP contribution in [0.3, 0.4) is 0 Å². The van der Waals surface area contributed by atoms with Gasteiger partial charge in [0.15, 0.2) is 0 Å². The average Bonchev–Trinajstić information content (AvgIpc) is 2.67. The second-order valence-corrected chi connectivity index (χ2v) is 9.01. The van der Waals surface area contributed by atoms with Crippen LogP contribution < -0.4 is 4.31 Å². The van der Waals surface area contributed by atoms with Crippen molar-refractivity contribution in [3.63, 3.8) is 0 Å². The van der Waals surface area contributed by atoms with Crippen LogP contribution in [0.4, 0.5) is 5.69 Å². The number of hydrogen-bond donors (Lipinski definition) is 1. The first kappa shape index (κ1) is 24.8. The van der Waals surface area contributed by atoms with E-state index >= 15 is 0 Å². The number of benzene rings is 1. The van der Waals surface area contributed by atoms with Gasteiger partial charge in [-0.05, 0) is 42.9 Å². The maximum absolute atomic E-state index is 5.51. The molecule has 0 spiro atoms. The predicted molar refractivity (Wildman–Crippen MR) is 132 cm³/mol. The molecule has 0 saturated heterocycles. The van der Waals surface area contributed by atoms with Crippen molar-refractivity contribution in [2.45, 2.75) is 104 Å². The highest BCUT2D eigenvalue weighted by Crippen LogP contribution is 2.28. The van der Waals surface area contributed by atoms with Crippen LogP contribution in [-0.4, -0.2) is 4.32 Å². The topological polar surface area (TPSA) is 3.24 Å². The Kier molecular flexibility index (Phi) is 14.4. The molecule has 1 aromatic rings. The van der Waals surface area contributed by atoms with Gasteiger partial charge < -0.3 is 17.1 Å². The highest BCUT2D eigenvalue weighted by atomic mass is 32.1. The van der Waals surface area contributed by atoms with Gasteiger partial charge in [0.25, 0.3) is 0 Å².